The smallest absolute Gasteiger partial charge is 0.330 e. The van der Waals surface area contributed by atoms with E-state index < -0.39 is 284 Å². The van der Waals surface area contributed by atoms with Crippen LogP contribution >= 0.6 is 57.7 Å². The maximum Gasteiger partial charge on any atom is 0.330 e. The number of likely N-dealkylation sites (N-methyl/N-ethyl adjacent to an activating group) is 1. The van der Waals surface area contributed by atoms with Gasteiger partial charge in [0.15, 0.2) is 30.1 Å². The molecule has 3 saturated heterocycles. The number of fused-ring (bicyclic) bond motifs is 15. The molecular formula is C84H96Cl4N10O28S. The summed E-state index contributed by atoms with van der Waals surface area (Å²) in [6, 6.07) is 7.81. The number of hydrogen-bond acceptors (Lipinski definition) is 31. The lowest BCUT2D eigenvalue weighted by atomic mass is 9.86. The number of aliphatic carboxylic acids is 1. The number of rotatable bonds is 20. The van der Waals surface area contributed by atoms with Crippen molar-refractivity contribution in [2.24, 2.45) is 17.4 Å². The highest BCUT2D eigenvalue weighted by Gasteiger charge is 2.53. The van der Waals surface area contributed by atoms with Crippen molar-refractivity contribution in [1.29, 1.82) is 0 Å². The van der Waals surface area contributed by atoms with Crippen LogP contribution < -0.4 is 68.2 Å². The predicted octanol–water partition coefficient (Wildman–Crippen LogP) is 3.40. The summed E-state index contributed by atoms with van der Waals surface area (Å²) in [6.45, 7) is 5.42. The Kier molecular flexibility index (Phi) is 30.3. The number of carboxylic acid groups (broad SMARTS) is 1. The number of thiophene rings is 1. The van der Waals surface area contributed by atoms with Crippen LogP contribution in [0.5, 0.6) is 46.0 Å². The van der Waals surface area contributed by atoms with Crippen molar-refractivity contribution >= 4 is 105 Å². The molecule has 38 nitrogen and oxygen atoms in total. The number of hydrogen-bond donors (Lipinski definition) is 22. The predicted molar refractivity (Wildman–Crippen MR) is 453 cm³/mol. The molecule has 684 valence electrons. The standard InChI is InChI=1S/C83H92Cl4N10O28S.CH4/c1-30(2)16-45(90-5)74(110)96-62-64(103)34-8-13-49(43(86)19-34)119-51-21-36-22-52(71(51)124-82-69(108)67(106)72(54(29-98)122-82)125-81-68(107)66(105)65(104)53(121-81)28-91-27-38-10-15-55(126-38)32-6-11-41(84)42(85)18-32)120-50-14-9-35(20-44(50)87)70(123-57-26-83(4,89)73(109)31(3)118-57)63-79(115)95-61(80(116)117)40-23-37(99)24-48(101)58(40)39-17-33(7-12-47(39)100)59(76(112)97-63)94-77(113)60(36)93-75(111)46(25-56(88)102)92-78(62)114;/h6-15,17-24,30-31,45-46,53-54,57,59-70,72-73,81-82,90-91,98-101,103-109H,16,25-29,89H2,1-5H3,(H2,88,102)(H,92,114)(H,93,111)(H,94,113)(H,95,115)(H,96,110)(H,97,112)(H,116,117);1H4/t31-,45+,46+,53+,54+,57?,59-,60+,61-,62?,63-,64+,65-,66-,67+,68+,69+,70+,72+,73-,81-,82-,83-;/m0./s1. The maximum absolute atomic E-state index is 16.4. The largest absolute Gasteiger partial charge is 0.508 e. The second-order valence-corrected chi connectivity index (χ2v) is 34.7. The van der Waals surface area contributed by atoms with Gasteiger partial charge in [0.2, 0.25) is 53.4 Å². The molecule has 24 N–H and O–H groups in total. The van der Waals surface area contributed by atoms with E-state index in [2.05, 4.69) is 42.5 Å². The van der Waals surface area contributed by atoms with Crippen LogP contribution in [-0.2, 0) is 68.6 Å². The lowest BCUT2D eigenvalue weighted by Gasteiger charge is -2.46. The van der Waals surface area contributed by atoms with Crippen molar-refractivity contribution in [2.75, 3.05) is 20.2 Å². The van der Waals surface area contributed by atoms with Gasteiger partial charge in [-0.05, 0) is 140 Å². The zero-order valence-corrected chi connectivity index (χ0v) is 71.2. The van der Waals surface area contributed by atoms with E-state index in [0.29, 0.717) is 10.0 Å². The Labute approximate surface area is 748 Å². The minimum absolute atomic E-state index is 0. The molecule has 43 heteroatoms. The van der Waals surface area contributed by atoms with Gasteiger partial charge in [-0.25, -0.2) is 4.79 Å². The van der Waals surface area contributed by atoms with E-state index in [1.54, 1.807) is 32.0 Å². The Balaban J connectivity index is 0.0000146. The average molecular weight is 1870 g/mol. The number of carbonyl (C=O) groups is 8. The first-order chi connectivity index (χ1) is 59.7. The molecular weight excluding hydrogens is 1770 g/mol. The molecule has 2 unspecified atom stereocenters. The van der Waals surface area contributed by atoms with E-state index in [1.165, 1.54) is 44.4 Å². The van der Waals surface area contributed by atoms with Gasteiger partial charge in [0.1, 0.15) is 120 Å². The zero-order chi connectivity index (χ0) is 91.1. The summed E-state index contributed by atoms with van der Waals surface area (Å²) in [6.07, 6.45) is -29.2. The van der Waals surface area contributed by atoms with Crippen LogP contribution in [0.2, 0.25) is 20.1 Å². The number of halogens is 4. The molecule has 0 saturated carbocycles. The third kappa shape index (κ3) is 21.0. The van der Waals surface area contributed by atoms with Crippen molar-refractivity contribution in [2.45, 2.75) is 201 Å². The van der Waals surface area contributed by atoms with Crippen molar-refractivity contribution < 1.29 is 138 Å². The number of aliphatic hydroxyl groups is 8. The number of aromatic hydroxyl groups is 3. The summed E-state index contributed by atoms with van der Waals surface area (Å²) in [5.41, 5.74) is 8.77. The number of phenols is 3. The van der Waals surface area contributed by atoms with Crippen LogP contribution in [0.1, 0.15) is 117 Å². The second kappa shape index (κ2) is 40.0. The van der Waals surface area contributed by atoms with E-state index in [-0.39, 0.29) is 50.4 Å². The SMILES string of the molecule is C.CN[C@H](CC(C)C)C(=O)NC1C(=O)N[C@H](CC(N)=O)C(=O)N[C@H]2C(=O)N[C@@H]3C(=O)N[C@H](C(=O)N[C@H](C(=O)O)c4cc(O)cc(O)c4-c4cc3ccc4O)[C@H](OC3C[C@](C)(N)[C@@H](O)[C@H](C)O3)c3ccc(c(Cl)c3)Oc3cc2cc(c3O[C@@H]2O[C@H](CO)[C@@H](O[C@@H]3O[C@H](CNCc4ccc(-c5ccc(Cl)c(Cl)c5)s4)[C@H](O)[C@H](O)[C@H]3O)[C@H](O)[C@H]2O)Oc2ccc(cc2Cl)[C@H]1O. The highest BCUT2D eigenvalue weighted by atomic mass is 35.5. The van der Waals surface area contributed by atoms with Crippen molar-refractivity contribution in [3.63, 3.8) is 0 Å². The molecule has 0 radical (unpaired) electrons. The summed E-state index contributed by atoms with van der Waals surface area (Å²) in [7, 11) is 1.46. The van der Waals surface area contributed by atoms with Crippen LogP contribution in [0.3, 0.4) is 0 Å². The Hall–Kier alpha value is -9.90. The first-order valence-electron chi connectivity index (χ1n) is 39.6. The summed E-state index contributed by atoms with van der Waals surface area (Å²) < 4.78 is 51.2. The first kappa shape index (κ1) is 96.2. The number of nitrogens with one attached hydrogen (secondary N) is 8. The molecule has 7 aromatic rings. The van der Waals surface area contributed by atoms with E-state index in [4.69, 9.17) is 95.8 Å². The number of carboxylic acids is 1. The molecule has 23 atom stereocenters. The summed E-state index contributed by atoms with van der Waals surface area (Å²) in [5.74, 6) is -16.7. The topological polar surface area (TPSA) is 601 Å². The van der Waals surface area contributed by atoms with Crippen molar-refractivity contribution in [3.05, 3.63) is 162 Å². The zero-order valence-electron chi connectivity index (χ0n) is 67.4. The van der Waals surface area contributed by atoms with Crippen molar-refractivity contribution in [1.82, 2.24) is 42.5 Å². The number of aliphatic hydroxyl groups excluding tert-OH is 8. The van der Waals surface area contributed by atoms with Gasteiger partial charge in [0.25, 0.3) is 0 Å². The molecule has 7 amide bonds. The van der Waals surface area contributed by atoms with Crippen LogP contribution in [0.4, 0.5) is 0 Å². The van der Waals surface area contributed by atoms with Crippen LogP contribution in [-0.4, -0.2) is 238 Å². The lowest BCUT2D eigenvalue weighted by Crippen LogP contribution is -2.65. The number of carbonyl (C=O) groups excluding carboxylic acids is 7. The van der Waals surface area contributed by atoms with Gasteiger partial charge in [0.05, 0.1) is 51.4 Å². The highest BCUT2D eigenvalue weighted by Crippen LogP contribution is 2.51. The molecule has 0 spiro atoms. The van der Waals surface area contributed by atoms with Gasteiger partial charge < -0.3 is 153 Å². The van der Waals surface area contributed by atoms with E-state index >= 15 is 24.0 Å². The van der Waals surface area contributed by atoms with Crippen LogP contribution in [0.15, 0.2) is 109 Å². The molecule has 127 heavy (non-hydrogen) atoms. The van der Waals surface area contributed by atoms with Crippen molar-refractivity contribution in [3.8, 4) is 67.6 Å². The average Bonchev–Trinajstić information content (AvgIpc) is 0.977. The second-order valence-electron chi connectivity index (χ2n) is 31.9. The Morgan fingerprint density at radius 2 is 1.28 bits per heavy atom. The number of phenolic OH excluding ortho intramolecular Hbond substituents is 3. The Morgan fingerprint density at radius 3 is 1.92 bits per heavy atom. The minimum Gasteiger partial charge on any atom is -0.508 e. The number of amides is 7. The molecule has 15 rings (SSSR count). The van der Waals surface area contributed by atoms with Gasteiger partial charge in [-0.3, -0.25) is 33.6 Å². The molecule has 9 heterocycles. The summed E-state index contributed by atoms with van der Waals surface area (Å²) in [4.78, 5) is 122. The van der Waals surface area contributed by atoms with Gasteiger partial charge in [-0.15, -0.1) is 11.3 Å². The van der Waals surface area contributed by atoms with E-state index in [9.17, 15) is 75.7 Å². The molecule has 8 aliphatic heterocycles. The highest BCUT2D eigenvalue weighted by molar-refractivity contribution is 7.15. The van der Waals surface area contributed by atoms with E-state index in [0.717, 1.165) is 82.0 Å². The number of primary amides is 1. The number of nitrogens with two attached hydrogens (primary N) is 2. The fourth-order valence-electron chi connectivity index (χ4n) is 15.6. The molecule has 11 bridgehead atoms. The van der Waals surface area contributed by atoms with E-state index in [1.807, 2.05) is 12.1 Å². The van der Waals surface area contributed by atoms with Gasteiger partial charge in [-0.1, -0.05) is 91.9 Å². The number of ether oxygens (including phenoxy) is 8. The molecule has 6 aromatic carbocycles. The summed E-state index contributed by atoms with van der Waals surface area (Å²) in [5, 5.41) is 160. The van der Waals surface area contributed by atoms with Crippen LogP contribution in [0, 0.1) is 5.92 Å². The fourth-order valence-corrected chi connectivity index (χ4v) is 17.3. The quantitative estimate of drug-likeness (QED) is 0.0520. The third-order valence-corrected chi connectivity index (χ3v) is 24.7. The monoisotopic (exact) mass is 1860 g/mol. The summed E-state index contributed by atoms with van der Waals surface area (Å²) >= 11 is 28.3. The normalized spacial score (nSPS) is 29.4. The molecule has 0 aliphatic carbocycles. The molecule has 3 fully saturated rings. The fraction of sp³-hybridized carbons (Fsp3) is 0.429. The maximum atomic E-state index is 16.4. The van der Waals surface area contributed by atoms with Gasteiger partial charge in [-0.2, -0.15) is 0 Å². The van der Waals surface area contributed by atoms with Gasteiger partial charge in [0, 0.05) is 57.6 Å². The Morgan fingerprint density at radius 1 is 0.646 bits per heavy atom. The number of benzene rings is 6. The lowest BCUT2D eigenvalue weighted by molar-refractivity contribution is -0.350. The van der Waals surface area contributed by atoms with Gasteiger partial charge >= 0.3 is 5.97 Å². The molecule has 8 aliphatic rings. The first-order valence-corrected chi connectivity index (χ1v) is 41.9. The third-order valence-electron chi connectivity index (χ3n) is 22.2. The molecule has 1 aromatic heterocycles. The minimum atomic E-state index is -2.43. The Bertz CT molecular complexity index is 5310. The van der Waals surface area contributed by atoms with Crippen LogP contribution in [0.25, 0.3) is 21.6 Å².